The zero-order valence-electron chi connectivity index (χ0n) is 19.3. The molecule has 0 saturated heterocycles. The highest BCUT2D eigenvalue weighted by atomic mass is 35.5. The molecule has 2 amide bonds. The first-order chi connectivity index (χ1) is 15.8. The van der Waals surface area contributed by atoms with Gasteiger partial charge in [0.25, 0.3) is 5.91 Å². The quantitative estimate of drug-likeness (QED) is 0.435. The maximum atomic E-state index is 13.7. The molecular weight excluding hydrogens is 452 g/mol. The molecule has 0 spiro atoms. The van der Waals surface area contributed by atoms with Crippen LogP contribution in [-0.4, -0.2) is 41.2 Å². The summed E-state index contributed by atoms with van der Waals surface area (Å²) < 4.78 is 0. The summed E-state index contributed by atoms with van der Waals surface area (Å²) in [5, 5.41) is 2.76. The van der Waals surface area contributed by atoms with Crippen molar-refractivity contribution >= 4 is 34.8 Å². The Morgan fingerprint density at radius 3 is 2.55 bits per heavy atom. The van der Waals surface area contributed by atoms with Gasteiger partial charge in [0.2, 0.25) is 5.91 Å². The molecule has 172 valence electrons. The summed E-state index contributed by atoms with van der Waals surface area (Å²) in [4.78, 5) is 32.1. The van der Waals surface area contributed by atoms with Crippen LogP contribution in [0.2, 0.25) is 5.02 Å². The second kappa shape index (κ2) is 10.1. The number of rotatable bonds is 6. The van der Waals surface area contributed by atoms with Crippen molar-refractivity contribution in [3.63, 3.8) is 0 Å². The highest BCUT2D eigenvalue weighted by molar-refractivity contribution is 7.10. The summed E-state index contributed by atoms with van der Waals surface area (Å²) in [7, 11) is 0. The maximum absolute atomic E-state index is 13.7. The summed E-state index contributed by atoms with van der Waals surface area (Å²) in [6.45, 7) is 7.29. The molecule has 1 unspecified atom stereocenters. The Hall–Kier alpha value is -2.63. The average molecular weight is 481 g/mol. The van der Waals surface area contributed by atoms with Crippen molar-refractivity contribution in [2.75, 3.05) is 19.6 Å². The molecule has 1 aliphatic heterocycles. The van der Waals surface area contributed by atoms with E-state index in [4.69, 9.17) is 11.6 Å². The van der Waals surface area contributed by atoms with Crippen molar-refractivity contribution in [1.29, 1.82) is 0 Å². The van der Waals surface area contributed by atoms with Crippen molar-refractivity contribution in [2.45, 2.75) is 33.2 Å². The summed E-state index contributed by atoms with van der Waals surface area (Å²) in [6, 6.07) is 17.2. The first-order valence-electron chi connectivity index (χ1n) is 11.3. The van der Waals surface area contributed by atoms with Gasteiger partial charge in [0.05, 0.1) is 6.04 Å². The number of halogens is 1. The van der Waals surface area contributed by atoms with Gasteiger partial charge >= 0.3 is 0 Å². The lowest BCUT2D eigenvalue weighted by molar-refractivity contribution is -0.134. The van der Waals surface area contributed by atoms with Gasteiger partial charge in [0.15, 0.2) is 0 Å². The fourth-order valence-corrected chi connectivity index (χ4v) is 5.52. The zero-order chi connectivity index (χ0) is 23.5. The second-order valence-corrected chi connectivity index (χ2v) is 10.4. The number of carbonyl (C=O) groups is 2. The summed E-state index contributed by atoms with van der Waals surface area (Å²) in [5.74, 6) is 0.128. The Morgan fingerprint density at radius 1 is 1.12 bits per heavy atom. The Morgan fingerprint density at radius 2 is 1.85 bits per heavy atom. The van der Waals surface area contributed by atoms with Crippen LogP contribution in [0.4, 0.5) is 0 Å². The van der Waals surface area contributed by atoms with E-state index in [0.29, 0.717) is 23.7 Å². The summed E-state index contributed by atoms with van der Waals surface area (Å²) >= 11 is 7.87. The standard InChI is InChI=1S/C27H29ClN2O2S/c1-18(2)16-29(27(32)22-7-5-4-6-19(22)3)17-25(31)30-14-12-24-23(13-15-33-24)26(30)20-8-10-21(28)11-9-20/h4-11,13,15,18,26H,12,14,16-17H2,1-3H3. The van der Waals surface area contributed by atoms with Crippen molar-refractivity contribution in [2.24, 2.45) is 5.92 Å². The molecule has 0 aliphatic carbocycles. The van der Waals surface area contributed by atoms with Crippen molar-refractivity contribution in [1.82, 2.24) is 9.80 Å². The highest BCUT2D eigenvalue weighted by Gasteiger charge is 2.34. The first-order valence-corrected chi connectivity index (χ1v) is 12.6. The van der Waals surface area contributed by atoms with Gasteiger partial charge in [-0.15, -0.1) is 11.3 Å². The number of hydrogen-bond donors (Lipinski definition) is 0. The van der Waals surface area contributed by atoms with Crippen molar-refractivity contribution in [3.8, 4) is 0 Å². The lowest BCUT2D eigenvalue weighted by Gasteiger charge is -2.38. The second-order valence-electron chi connectivity index (χ2n) is 8.98. The van der Waals surface area contributed by atoms with Crippen LogP contribution in [0.25, 0.3) is 0 Å². The van der Waals surface area contributed by atoms with E-state index < -0.39 is 0 Å². The van der Waals surface area contributed by atoms with E-state index in [0.717, 1.165) is 17.5 Å². The SMILES string of the molecule is Cc1ccccc1C(=O)N(CC(=O)N1CCc2sccc2C1c1ccc(Cl)cc1)CC(C)C. The van der Waals surface area contributed by atoms with Crippen LogP contribution in [-0.2, 0) is 11.2 Å². The maximum Gasteiger partial charge on any atom is 0.254 e. The minimum absolute atomic E-state index is 0.0330. The third-order valence-corrected chi connectivity index (χ3v) is 7.29. The number of fused-ring (bicyclic) bond motifs is 1. The lowest BCUT2D eigenvalue weighted by Crippen LogP contribution is -2.47. The van der Waals surface area contributed by atoms with E-state index in [1.54, 1.807) is 16.2 Å². The van der Waals surface area contributed by atoms with E-state index >= 15 is 0 Å². The van der Waals surface area contributed by atoms with E-state index in [2.05, 4.69) is 25.3 Å². The molecular formula is C27H29ClN2O2S. The highest BCUT2D eigenvalue weighted by Crippen LogP contribution is 2.38. The number of carbonyl (C=O) groups excluding carboxylic acids is 2. The molecule has 0 fully saturated rings. The van der Waals surface area contributed by atoms with Crippen molar-refractivity contribution < 1.29 is 9.59 Å². The molecule has 4 nitrogen and oxygen atoms in total. The van der Waals surface area contributed by atoms with Crippen LogP contribution in [0.5, 0.6) is 0 Å². The van der Waals surface area contributed by atoms with Crippen LogP contribution in [0.3, 0.4) is 0 Å². The molecule has 2 heterocycles. The Bertz CT molecular complexity index is 1140. The van der Waals surface area contributed by atoms with Gasteiger partial charge in [-0.3, -0.25) is 9.59 Å². The van der Waals surface area contributed by atoms with Crippen molar-refractivity contribution in [3.05, 3.63) is 92.1 Å². The van der Waals surface area contributed by atoms with Crippen LogP contribution < -0.4 is 0 Å². The van der Waals surface area contributed by atoms with Crippen LogP contribution >= 0.6 is 22.9 Å². The van der Waals surface area contributed by atoms with E-state index in [9.17, 15) is 9.59 Å². The molecule has 4 rings (SSSR count). The smallest absolute Gasteiger partial charge is 0.254 e. The third kappa shape index (κ3) is 5.15. The molecule has 0 bridgehead atoms. The molecule has 3 aromatic rings. The lowest BCUT2D eigenvalue weighted by atomic mass is 9.93. The number of aryl methyl sites for hydroxylation is 1. The molecule has 2 aromatic carbocycles. The molecule has 1 aromatic heterocycles. The molecule has 6 heteroatoms. The number of thiophene rings is 1. The summed E-state index contributed by atoms with van der Waals surface area (Å²) in [6.07, 6.45) is 0.832. The third-order valence-electron chi connectivity index (χ3n) is 6.05. The Kier molecular flexibility index (Phi) is 7.20. The van der Waals surface area contributed by atoms with Gasteiger partial charge in [0.1, 0.15) is 6.54 Å². The Labute approximate surface area is 204 Å². The van der Waals surface area contributed by atoms with Gasteiger partial charge in [-0.2, -0.15) is 0 Å². The predicted octanol–water partition coefficient (Wildman–Crippen LogP) is 5.98. The van der Waals surface area contributed by atoms with Gasteiger partial charge in [-0.25, -0.2) is 0 Å². The van der Waals surface area contributed by atoms with E-state index in [-0.39, 0.29) is 30.3 Å². The van der Waals surface area contributed by atoms with Crippen LogP contribution in [0.1, 0.15) is 51.8 Å². The van der Waals surface area contributed by atoms with E-state index in [1.165, 1.54) is 10.4 Å². The zero-order valence-corrected chi connectivity index (χ0v) is 20.8. The monoisotopic (exact) mass is 480 g/mol. The number of benzene rings is 2. The minimum atomic E-state index is -0.167. The molecule has 0 radical (unpaired) electrons. The topological polar surface area (TPSA) is 40.6 Å². The largest absolute Gasteiger partial charge is 0.330 e. The normalized spacial score (nSPS) is 15.4. The number of amides is 2. The van der Waals surface area contributed by atoms with Gasteiger partial charge in [-0.05, 0) is 65.6 Å². The van der Waals surface area contributed by atoms with E-state index in [1.807, 2.05) is 60.4 Å². The first kappa shape index (κ1) is 23.5. The molecule has 1 aliphatic rings. The minimum Gasteiger partial charge on any atom is -0.330 e. The van der Waals surface area contributed by atoms with Gasteiger partial charge < -0.3 is 9.80 Å². The number of hydrogen-bond acceptors (Lipinski definition) is 3. The Balaban J connectivity index is 1.63. The summed E-state index contributed by atoms with van der Waals surface area (Å²) in [5.41, 5.74) is 3.78. The molecule has 0 saturated carbocycles. The molecule has 0 N–H and O–H groups in total. The average Bonchev–Trinajstić information content (AvgIpc) is 3.27. The predicted molar refractivity (Wildman–Crippen MR) is 135 cm³/mol. The van der Waals surface area contributed by atoms with Gasteiger partial charge in [-0.1, -0.05) is 55.8 Å². The molecule has 1 atom stereocenters. The number of nitrogens with zero attached hydrogens (tertiary/aromatic N) is 2. The van der Waals surface area contributed by atoms with Crippen LogP contribution in [0.15, 0.2) is 60.0 Å². The van der Waals surface area contributed by atoms with Crippen LogP contribution in [0, 0.1) is 12.8 Å². The van der Waals surface area contributed by atoms with Gasteiger partial charge in [0, 0.05) is 28.6 Å². The molecule has 33 heavy (non-hydrogen) atoms. The fraction of sp³-hybridized carbons (Fsp3) is 0.333. The fourth-order valence-electron chi connectivity index (χ4n) is 4.49.